The third-order valence-electron chi connectivity index (χ3n) is 4.17. The van der Waals surface area contributed by atoms with Crippen LogP contribution >= 0.6 is 0 Å². The molecule has 1 aliphatic rings. The molecule has 1 atom stereocenters. The summed E-state index contributed by atoms with van der Waals surface area (Å²) in [4.78, 5) is 2.48. The van der Waals surface area contributed by atoms with Crippen LogP contribution in [0.1, 0.15) is 12.0 Å². The summed E-state index contributed by atoms with van der Waals surface area (Å²) in [6.45, 7) is 4.06. The molecule has 2 N–H and O–H groups in total. The maximum Gasteiger partial charge on any atom is 0.0503 e. The molecule has 2 aromatic carbocycles. The topological polar surface area (TPSA) is 38.5 Å². The fourth-order valence-electron chi connectivity index (χ4n) is 3.11. The Labute approximate surface area is 120 Å². The quantitative estimate of drug-likeness (QED) is 0.868. The number of nitrogens with zero attached hydrogens (tertiary/aromatic N) is 1. The summed E-state index contributed by atoms with van der Waals surface area (Å²) >= 11 is 0. The van der Waals surface area contributed by atoms with Gasteiger partial charge in [0.25, 0.3) is 0 Å². The maximum atomic E-state index is 6.21. The summed E-state index contributed by atoms with van der Waals surface area (Å²) in [5, 5.41) is 2.48. The van der Waals surface area contributed by atoms with Gasteiger partial charge in [0.05, 0.1) is 6.61 Å². The van der Waals surface area contributed by atoms with E-state index in [1.54, 1.807) is 7.11 Å². The van der Waals surface area contributed by atoms with Crippen LogP contribution in [0.25, 0.3) is 10.8 Å². The van der Waals surface area contributed by atoms with Crippen molar-refractivity contribution in [2.24, 2.45) is 5.92 Å². The first-order valence-corrected chi connectivity index (χ1v) is 7.24. The molecule has 1 fully saturated rings. The van der Waals surface area contributed by atoms with Gasteiger partial charge in [-0.25, -0.2) is 0 Å². The fraction of sp³-hybridized carbons (Fsp3) is 0.412. The minimum atomic E-state index is 0.668. The molecule has 3 heteroatoms. The molecule has 0 saturated carbocycles. The molecule has 0 bridgehead atoms. The van der Waals surface area contributed by atoms with Crippen LogP contribution in [-0.4, -0.2) is 31.7 Å². The lowest BCUT2D eigenvalue weighted by Crippen LogP contribution is -2.21. The van der Waals surface area contributed by atoms with E-state index in [-0.39, 0.29) is 0 Å². The van der Waals surface area contributed by atoms with Crippen LogP contribution < -0.4 is 5.73 Å². The average molecular weight is 270 g/mol. The van der Waals surface area contributed by atoms with Gasteiger partial charge in [0, 0.05) is 25.9 Å². The number of hydrogen-bond acceptors (Lipinski definition) is 3. The number of likely N-dealkylation sites (tertiary alicyclic amines) is 1. The second kappa shape index (κ2) is 5.81. The molecule has 0 amide bonds. The highest BCUT2D eigenvalue weighted by atomic mass is 16.5. The number of methoxy groups -OCH3 is 1. The van der Waals surface area contributed by atoms with Crippen molar-refractivity contribution in [2.75, 3.05) is 32.5 Å². The molecule has 3 rings (SSSR count). The van der Waals surface area contributed by atoms with Crippen LogP contribution in [0.4, 0.5) is 5.69 Å². The number of rotatable bonds is 4. The van der Waals surface area contributed by atoms with E-state index in [1.165, 1.54) is 22.8 Å². The van der Waals surface area contributed by atoms with E-state index < -0.39 is 0 Å². The molecule has 20 heavy (non-hydrogen) atoms. The minimum Gasteiger partial charge on any atom is -0.398 e. The van der Waals surface area contributed by atoms with Gasteiger partial charge in [-0.15, -0.1) is 0 Å². The summed E-state index contributed by atoms with van der Waals surface area (Å²) in [6, 6.07) is 12.7. The Morgan fingerprint density at radius 2 is 2.00 bits per heavy atom. The van der Waals surface area contributed by atoms with Crippen molar-refractivity contribution >= 4 is 16.5 Å². The molecule has 106 valence electrons. The van der Waals surface area contributed by atoms with E-state index in [0.717, 1.165) is 31.9 Å². The van der Waals surface area contributed by atoms with Crippen LogP contribution in [0, 0.1) is 5.92 Å². The molecule has 0 aliphatic carbocycles. The number of benzene rings is 2. The molecule has 1 heterocycles. The van der Waals surface area contributed by atoms with Gasteiger partial charge >= 0.3 is 0 Å². The average Bonchev–Trinajstić information content (AvgIpc) is 2.87. The van der Waals surface area contributed by atoms with Crippen LogP contribution in [0.15, 0.2) is 36.4 Å². The van der Waals surface area contributed by atoms with Crippen molar-refractivity contribution in [1.29, 1.82) is 0 Å². The summed E-state index contributed by atoms with van der Waals surface area (Å²) in [6.07, 6.45) is 1.22. The van der Waals surface area contributed by atoms with Crippen molar-refractivity contribution < 1.29 is 4.74 Å². The van der Waals surface area contributed by atoms with E-state index >= 15 is 0 Å². The predicted octanol–water partition coefficient (Wildman–Crippen LogP) is 2.89. The third-order valence-corrected chi connectivity index (χ3v) is 4.17. The van der Waals surface area contributed by atoms with Gasteiger partial charge in [-0.2, -0.15) is 0 Å². The van der Waals surface area contributed by atoms with E-state index in [0.29, 0.717) is 5.92 Å². The first kappa shape index (κ1) is 13.4. The largest absolute Gasteiger partial charge is 0.398 e. The molecule has 0 spiro atoms. The van der Waals surface area contributed by atoms with Crippen molar-refractivity contribution in [3.63, 3.8) is 0 Å². The first-order chi connectivity index (χ1) is 9.76. The molecular weight excluding hydrogens is 248 g/mol. The number of hydrogen-bond donors (Lipinski definition) is 1. The second-order valence-corrected chi connectivity index (χ2v) is 5.74. The van der Waals surface area contributed by atoms with E-state index in [2.05, 4.69) is 41.3 Å². The number of fused-ring (bicyclic) bond motifs is 1. The number of nitrogens with two attached hydrogens (primary N) is 1. The van der Waals surface area contributed by atoms with Gasteiger partial charge in [-0.3, -0.25) is 4.90 Å². The molecule has 1 aliphatic heterocycles. The van der Waals surface area contributed by atoms with Crippen molar-refractivity contribution in [2.45, 2.75) is 13.0 Å². The lowest BCUT2D eigenvalue weighted by molar-refractivity contribution is 0.152. The molecule has 0 radical (unpaired) electrons. The smallest absolute Gasteiger partial charge is 0.0503 e. The summed E-state index contributed by atoms with van der Waals surface area (Å²) in [5.41, 5.74) is 8.35. The van der Waals surface area contributed by atoms with Gasteiger partial charge in [0.15, 0.2) is 0 Å². The van der Waals surface area contributed by atoms with Crippen LogP contribution in [0.2, 0.25) is 0 Å². The van der Waals surface area contributed by atoms with Crippen molar-refractivity contribution in [3.05, 3.63) is 42.0 Å². The van der Waals surface area contributed by atoms with E-state index in [4.69, 9.17) is 10.5 Å². The normalized spacial score (nSPS) is 19.8. The highest BCUT2D eigenvalue weighted by molar-refractivity contribution is 5.86. The Morgan fingerprint density at radius 1 is 1.25 bits per heavy atom. The number of anilines is 1. The van der Waals surface area contributed by atoms with Gasteiger partial charge in [0.2, 0.25) is 0 Å². The summed E-state index contributed by atoms with van der Waals surface area (Å²) in [5.74, 6) is 0.668. The number of ether oxygens (including phenoxy) is 1. The van der Waals surface area contributed by atoms with Crippen LogP contribution in [0.5, 0.6) is 0 Å². The second-order valence-electron chi connectivity index (χ2n) is 5.74. The van der Waals surface area contributed by atoms with Crippen molar-refractivity contribution in [1.82, 2.24) is 4.90 Å². The molecule has 1 saturated heterocycles. The SMILES string of the molecule is COCC1CCN(Cc2cc3ccccc3cc2N)C1. The predicted molar refractivity (Wildman–Crippen MR) is 83.6 cm³/mol. The summed E-state index contributed by atoms with van der Waals surface area (Å²) in [7, 11) is 1.78. The third kappa shape index (κ3) is 2.79. The Kier molecular flexibility index (Phi) is 3.90. The van der Waals surface area contributed by atoms with Gasteiger partial charge in [-0.05, 0) is 47.4 Å². The Bertz CT molecular complexity index is 597. The molecule has 1 unspecified atom stereocenters. The fourth-order valence-corrected chi connectivity index (χ4v) is 3.11. The monoisotopic (exact) mass is 270 g/mol. The molecule has 2 aromatic rings. The maximum absolute atomic E-state index is 6.21. The van der Waals surface area contributed by atoms with Crippen LogP contribution in [0.3, 0.4) is 0 Å². The lowest BCUT2D eigenvalue weighted by atomic mass is 10.0. The Hall–Kier alpha value is -1.58. The number of nitrogen functional groups attached to an aromatic ring is 1. The zero-order valence-corrected chi connectivity index (χ0v) is 12.0. The minimum absolute atomic E-state index is 0.668. The zero-order chi connectivity index (χ0) is 13.9. The van der Waals surface area contributed by atoms with E-state index in [9.17, 15) is 0 Å². The lowest BCUT2D eigenvalue weighted by Gasteiger charge is -2.18. The van der Waals surface area contributed by atoms with Crippen LogP contribution in [-0.2, 0) is 11.3 Å². The van der Waals surface area contributed by atoms with Gasteiger partial charge in [-0.1, -0.05) is 24.3 Å². The summed E-state index contributed by atoms with van der Waals surface area (Å²) < 4.78 is 5.25. The molecule has 0 aromatic heterocycles. The highest BCUT2D eigenvalue weighted by Gasteiger charge is 2.22. The first-order valence-electron chi connectivity index (χ1n) is 7.24. The van der Waals surface area contributed by atoms with Gasteiger partial charge < -0.3 is 10.5 Å². The molecular formula is C17H22N2O. The van der Waals surface area contributed by atoms with Gasteiger partial charge in [0.1, 0.15) is 0 Å². The van der Waals surface area contributed by atoms with E-state index in [1.807, 2.05) is 0 Å². The highest BCUT2D eigenvalue weighted by Crippen LogP contribution is 2.25. The zero-order valence-electron chi connectivity index (χ0n) is 12.0. The van der Waals surface area contributed by atoms with Crippen molar-refractivity contribution in [3.8, 4) is 0 Å². The standard InChI is InChI=1S/C17H22N2O/c1-20-12-13-6-7-19(10-13)11-16-8-14-4-2-3-5-15(14)9-17(16)18/h2-5,8-9,13H,6-7,10-12,18H2,1H3. The Balaban J connectivity index is 1.76. The Morgan fingerprint density at radius 3 is 2.75 bits per heavy atom. The molecule has 3 nitrogen and oxygen atoms in total.